The van der Waals surface area contributed by atoms with E-state index in [4.69, 9.17) is 0 Å². The Kier molecular flexibility index (Phi) is 6.37. The molecule has 4 rings (SSSR count). The molecule has 1 atom stereocenters. The zero-order chi connectivity index (χ0) is 21.8. The number of aromatic nitrogens is 1. The van der Waals surface area contributed by atoms with Crippen LogP contribution in [0.3, 0.4) is 0 Å². The average Bonchev–Trinajstić information content (AvgIpc) is 3.36. The van der Waals surface area contributed by atoms with E-state index in [0.29, 0.717) is 30.3 Å². The molecule has 3 N–H and O–H groups in total. The lowest BCUT2D eigenvalue weighted by atomic mass is 10.1. The van der Waals surface area contributed by atoms with Gasteiger partial charge in [-0.1, -0.05) is 24.3 Å². The molecule has 2 amide bonds. The van der Waals surface area contributed by atoms with Gasteiger partial charge in [-0.05, 0) is 69.1 Å². The number of likely N-dealkylation sites (tertiary alicyclic amines) is 1. The summed E-state index contributed by atoms with van der Waals surface area (Å²) in [4.78, 5) is 30.7. The fraction of sp³-hybridized carbons (Fsp3) is 0.360. The number of anilines is 1. The van der Waals surface area contributed by atoms with Crippen molar-refractivity contribution in [3.05, 3.63) is 65.4 Å². The third kappa shape index (κ3) is 4.97. The molecule has 162 valence electrons. The first kappa shape index (κ1) is 21.1. The first-order valence-electron chi connectivity index (χ1n) is 10.9. The van der Waals surface area contributed by atoms with E-state index >= 15 is 0 Å². The molecule has 1 aromatic heterocycles. The van der Waals surface area contributed by atoms with Crippen LogP contribution in [0.4, 0.5) is 5.69 Å². The van der Waals surface area contributed by atoms with Gasteiger partial charge in [0.1, 0.15) is 0 Å². The molecule has 31 heavy (non-hydrogen) atoms. The molecule has 0 spiro atoms. The molecule has 1 fully saturated rings. The first-order valence-corrected chi connectivity index (χ1v) is 10.9. The van der Waals surface area contributed by atoms with Crippen LogP contribution in [0.2, 0.25) is 0 Å². The van der Waals surface area contributed by atoms with Gasteiger partial charge >= 0.3 is 0 Å². The number of aryl methyl sites for hydroxylation is 1. The third-order valence-electron chi connectivity index (χ3n) is 6.22. The summed E-state index contributed by atoms with van der Waals surface area (Å²) in [6, 6.07) is 13.9. The SMILES string of the molecule is Cc1ccc(C(=O)NCCc2c[nH]c3ccccc23)cc1NC(=O)CC1CCCN1C. The molecule has 3 aromatic rings. The molecule has 1 saturated heterocycles. The highest BCUT2D eigenvalue weighted by atomic mass is 16.2. The van der Waals surface area contributed by atoms with Gasteiger partial charge in [0.15, 0.2) is 0 Å². The summed E-state index contributed by atoms with van der Waals surface area (Å²) in [6.07, 6.45) is 5.43. The van der Waals surface area contributed by atoms with E-state index in [0.717, 1.165) is 36.9 Å². The predicted molar refractivity (Wildman–Crippen MR) is 124 cm³/mol. The van der Waals surface area contributed by atoms with E-state index < -0.39 is 0 Å². The highest BCUT2D eigenvalue weighted by molar-refractivity contribution is 5.98. The molecule has 2 heterocycles. The van der Waals surface area contributed by atoms with Crippen LogP contribution < -0.4 is 10.6 Å². The van der Waals surface area contributed by atoms with Gasteiger partial charge in [-0.15, -0.1) is 0 Å². The third-order valence-corrected chi connectivity index (χ3v) is 6.22. The van der Waals surface area contributed by atoms with Crippen molar-refractivity contribution in [2.45, 2.75) is 38.6 Å². The minimum atomic E-state index is -0.133. The summed E-state index contributed by atoms with van der Waals surface area (Å²) < 4.78 is 0. The van der Waals surface area contributed by atoms with E-state index in [-0.39, 0.29) is 11.8 Å². The van der Waals surface area contributed by atoms with Gasteiger partial charge in [-0.2, -0.15) is 0 Å². The maximum Gasteiger partial charge on any atom is 0.251 e. The number of hydrogen-bond acceptors (Lipinski definition) is 3. The largest absolute Gasteiger partial charge is 0.361 e. The standard InChI is InChI=1S/C25H30N4O2/c1-17-9-10-18(14-23(17)28-24(30)15-20-6-5-13-29(20)2)25(31)26-12-11-19-16-27-22-8-4-3-7-21(19)22/h3-4,7-10,14,16,20,27H,5-6,11-13,15H2,1-2H3,(H,26,31)(H,28,30). The number of carbonyl (C=O) groups excluding carboxylic acids is 2. The van der Waals surface area contributed by atoms with Gasteiger partial charge in [0.25, 0.3) is 5.91 Å². The first-order chi connectivity index (χ1) is 15.0. The van der Waals surface area contributed by atoms with Gasteiger partial charge in [0, 0.05) is 47.4 Å². The number of nitrogens with zero attached hydrogens (tertiary/aromatic N) is 1. The monoisotopic (exact) mass is 418 g/mol. The fourth-order valence-corrected chi connectivity index (χ4v) is 4.30. The quantitative estimate of drug-likeness (QED) is 0.545. The molecule has 0 saturated carbocycles. The Hall–Kier alpha value is -3.12. The Bertz CT molecular complexity index is 1090. The van der Waals surface area contributed by atoms with Crippen molar-refractivity contribution in [1.29, 1.82) is 0 Å². The van der Waals surface area contributed by atoms with Gasteiger partial charge in [-0.3, -0.25) is 9.59 Å². The number of nitrogens with one attached hydrogen (secondary N) is 3. The molecule has 2 aromatic carbocycles. The van der Waals surface area contributed by atoms with Crippen LogP contribution in [0.15, 0.2) is 48.7 Å². The minimum Gasteiger partial charge on any atom is -0.361 e. The lowest BCUT2D eigenvalue weighted by Gasteiger charge is -2.19. The second kappa shape index (κ2) is 9.35. The Morgan fingerprint density at radius 2 is 2.03 bits per heavy atom. The number of aromatic amines is 1. The maximum absolute atomic E-state index is 12.7. The van der Waals surface area contributed by atoms with Crippen LogP contribution in [0.5, 0.6) is 0 Å². The van der Waals surface area contributed by atoms with Gasteiger partial charge in [-0.25, -0.2) is 0 Å². The van der Waals surface area contributed by atoms with Crippen LogP contribution >= 0.6 is 0 Å². The molecule has 1 unspecified atom stereocenters. The summed E-state index contributed by atoms with van der Waals surface area (Å²) in [5, 5.41) is 7.18. The summed E-state index contributed by atoms with van der Waals surface area (Å²) in [6.45, 7) is 3.53. The van der Waals surface area contributed by atoms with Gasteiger partial charge in [0.05, 0.1) is 0 Å². The second-order valence-corrected chi connectivity index (χ2v) is 8.42. The van der Waals surface area contributed by atoms with E-state index in [9.17, 15) is 9.59 Å². The summed E-state index contributed by atoms with van der Waals surface area (Å²) in [5.74, 6) is -0.135. The molecule has 0 radical (unpaired) electrons. The van der Waals surface area contributed by atoms with Crippen LogP contribution in [-0.2, 0) is 11.2 Å². The number of rotatable bonds is 7. The highest BCUT2D eigenvalue weighted by Crippen LogP contribution is 2.21. The topological polar surface area (TPSA) is 77.2 Å². The fourth-order valence-electron chi connectivity index (χ4n) is 4.30. The lowest BCUT2D eigenvalue weighted by Crippen LogP contribution is -2.30. The summed E-state index contributed by atoms with van der Waals surface area (Å²) in [5.41, 5.74) is 4.49. The maximum atomic E-state index is 12.7. The van der Waals surface area contributed by atoms with Crippen molar-refractivity contribution < 1.29 is 9.59 Å². The highest BCUT2D eigenvalue weighted by Gasteiger charge is 2.23. The van der Waals surface area contributed by atoms with Crippen molar-refractivity contribution in [2.24, 2.45) is 0 Å². The van der Waals surface area contributed by atoms with Crippen molar-refractivity contribution >= 4 is 28.4 Å². The van der Waals surface area contributed by atoms with Gasteiger partial charge < -0.3 is 20.5 Å². The van der Waals surface area contributed by atoms with Crippen LogP contribution in [0.1, 0.15) is 40.7 Å². The Morgan fingerprint density at radius 3 is 2.84 bits per heavy atom. The molecular weight excluding hydrogens is 388 g/mol. The van der Waals surface area contributed by atoms with Crippen LogP contribution in [0, 0.1) is 6.92 Å². The van der Waals surface area contributed by atoms with Crippen molar-refractivity contribution in [3.63, 3.8) is 0 Å². The molecule has 1 aliphatic heterocycles. The number of amides is 2. The molecular formula is C25H30N4O2. The Morgan fingerprint density at radius 1 is 1.19 bits per heavy atom. The normalized spacial score (nSPS) is 16.5. The number of hydrogen-bond donors (Lipinski definition) is 3. The molecule has 0 bridgehead atoms. The number of benzene rings is 2. The second-order valence-electron chi connectivity index (χ2n) is 8.42. The summed E-state index contributed by atoms with van der Waals surface area (Å²) >= 11 is 0. The van der Waals surface area contributed by atoms with E-state index in [1.165, 1.54) is 10.9 Å². The number of fused-ring (bicyclic) bond motifs is 1. The Labute approximate surface area is 183 Å². The van der Waals surface area contributed by atoms with Crippen molar-refractivity contribution in [1.82, 2.24) is 15.2 Å². The number of H-pyrrole nitrogens is 1. The lowest BCUT2D eigenvalue weighted by molar-refractivity contribution is -0.117. The van der Waals surface area contributed by atoms with E-state index in [2.05, 4.69) is 33.6 Å². The van der Waals surface area contributed by atoms with E-state index in [1.807, 2.05) is 37.4 Å². The molecule has 1 aliphatic rings. The predicted octanol–water partition coefficient (Wildman–Crippen LogP) is 3.87. The zero-order valence-electron chi connectivity index (χ0n) is 18.2. The average molecular weight is 419 g/mol. The van der Waals surface area contributed by atoms with Crippen LogP contribution in [-0.4, -0.2) is 47.9 Å². The van der Waals surface area contributed by atoms with E-state index in [1.54, 1.807) is 12.1 Å². The van der Waals surface area contributed by atoms with Crippen molar-refractivity contribution in [2.75, 3.05) is 25.5 Å². The van der Waals surface area contributed by atoms with Crippen molar-refractivity contribution in [3.8, 4) is 0 Å². The number of carbonyl (C=O) groups is 2. The summed E-state index contributed by atoms with van der Waals surface area (Å²) in [7, 11) is 2.07. The van der Waals surface area contributed by atoms with Gasteiger partial charge in [0.2, 0.25) is 5.91 Å². The number of para-hydroxylation sites is 1. The molecule has 0 aliphatic carbocycles. The molecule has 6 nitrogen and oxygen atoms in total. The van der Waals surface area contributed by atoms with Crippen LogP contribution in [0.25, 0.3) is 10.9 Å². The smallest absolute Gasteiger partial charge is 0.251 e. The Balaban J connectivity index is 1.34. The molecule has 6 heteroatoms. The zero-order valence-corrected chi connectivity index (χ0v) is 18.2. The minimum absolute atomic E-state index is 0.00116.